The molecule has 3 N–H and O–H groups in total. The van der Waals surface area contributed by atoms with E-state index in [1.165, 1.54) is 12.1 Å². The lowest BCUT2D eigenvalue weighted by molar-refractivity contribution is -0.0707. The maximum Gasteiger partial charge on any atom is 0.238 e. The van der Waals surface area contributed by atoms with Crippen molar-refractivity contribution in [2.45, 2.75) is 29.9 Å². The van der Waals surface area contributed by atoms with Crippen LogP contribution in [0.5, 0.6) is 0 Å². The van der Waals surface area contributed by atoms with Gasteiger partial charge in [-0.3, -0.25) is 4.98 Å². The first-order valence-corrected chi connectivity index (χ1v) is 14.1. The summed E-state index contributed by atoms with van der Waals surface area (Å²) in [5, 5.41) is 16.1. The van der Waals surface area contributed by atoms with Gasteiger partial charge in [0.2, 0.25) is 15.9 Å². The van der Waals surface area contributed by atoms with E-state index < -0.39 is 15.6 Å². The molecule has 3 heterocycles. The van der Waals surface area contributed by atoms with Gasteiger partial charge in [-0.1, -0.05) is 42.5 Å². The SMILES string of the molecule is NS(=O)(=O)c1ccc(-c2oc(C=CCOCc3cccc(C4(O)CCOCC4)n3)nc2-c2ccccc2)cc1. The van der Waals surface area contributed by atoms with Crippen molar-refractivity contribution < 1.29 is 27.4 Å². The number of nitrogens with zero attached hydrogens (tertiary/aromatic N) is 2. The lowest BCUT2D eigenvalue weighted by atomic mass is 9.90. The van der Waals surface area contributed by atoms with Crippen LogP contribution in [0.15, 0.2) is 88.2 Å². The number of aliphatic hydroxyl groups is 1. The van der Waals surface area contributed by atoms with Crippen molar-refractivity contribution in [3.05, 3.63) is 96.2 Å². The van der Waals surface area contributed by atoms with Gasteiger partial charge in [-0.25, -0.2) is 18.5 Å². The predicted molar refractivity (Wildman–Crippen MR) is 146 cm³/mol. The van der Waals surface area contributed by atoms with E-state index in [1.807, 2.05) is 48.5 Å². The minimum Gasteiger partial charge on any atom is -0.436 e. The molecule has 0 atom stereocenters. The number of ether oxygens (including phenoxy) is 2. The van der Waals surface area contributed by atoms with Crippen LogP contribution in [-0.4, -0.2) is 43.3 Å². The molecule has 0 unspecified atom stereocenters. The van der Waals surface area contributed by atoms with E-state index in [0.29, 0.717) is 61.3 Å². The molecule has 0 radical (unpaired) electrons. The zero-order valence-electron chi connectivity index (χ0n) is 21.2. The van der Waals surface area contributed by atoms with Gasteiger partial charge in [-0.2, -0.15) is 0 Å². The zero-order chi connectivity index (χ0) is 27.3. The lowest BCUT2D eigenvalue weighted by Gasteiger charge is -2.31. The predicted octanol–water partition coefficient (Wildman–Crippen LogP) is 4.28. The monoisotopic (exact) mass is 547 g/mol. The van der Waals surface area contributed by atoms with E-state index in [4.69, 9.17) is 19.0 Å². The third-order valence-corrected chi connectivity index (χ3v) is 7.39. The quantitative estimate of drug-likeness (QED) is 0.296. The van der Waals surface area contributed by atoms with Crippen LogP contribution in [0.3, 0.4) is 0 Å². The normalized spacial score (nSPS) is 15.5. The highest BCUT2D eigenvalue weighted by Crippen LogP contribution is 2.34. The summed E-state index contributed by atoms with van der Waals surface area (Å²) >= 11 is 0. The zero-order valence-corrected chi connectivity index (χ0v) is 22.0. The van der Waals surface area contributed by atoms with Crippen LogP contribution >= 0.6 is 0 Å². The van der Waals surface area contributed by atoms with E-state index in [0.717, 1.165) is 11.3 Å². The molecule has 0 aliphatic carbocycles. The summed E-state index contributed by atoms with van der Waals surface area (Å²) in [7, 11) is -3.80. The number of aromatic nitrogens is 2. The Morgan fingerprint density at radius 1 is 0.949 bits per heavy atom. The molecule has 5 rings (SSSR count). The van der Waals surface area contributed by atoms with E-state index in [9.17, 15) is 13.5 Å². The van der Waals surface area contributed by atoms with Gasteiger partial charge in [0.25, 0.3) is 0 Å². The van der Waals surface area contributed by atoms with Gasteiger partial charge in [-0.15, -0.1) is 0 Å². The molecular formula is C29H29N3O6S. The maximum atomic E-state index is 11.6. The van der Waals surface area contributed by atoms with Gasteiger partial charge in [0.05, 0.1) is 29.5 Å². The minimum atomic E-state index is -3.80. The van der Waals surface area contributed by atoms with Crippen molar-refractivity contribution in [2.75, 3.05) is 19.8 Å². The number of nitrogens with two attached hydrogens (primary N) is 1. The Kier molecular flexibility index (Phi) is 8.01. The van der Waals surface area contributed by atoms with Gasteiger partial charge < -0.3 is 19.0 Å². The minimum absolute atomic E-state index is 0.0197. The van der Waals surface area contributed by atoms with Crippen molar-refractivity contribution in [2.24, 2.45) is 5.14 Å². The molecule has 1 aliphatic rings. The van der Waals surface area contributed by atoms with Gasteiger partial charge >= 0.3 is 0 Å². The average molecular weight is 548 g/mol. The van der Waals surface area contributed by atoms with Crippen LogP contribution in [0.25, 0.3) is 28.7 Å². The summed E-state index contributed by atoms with van der Waals surface area (Å²) in [6, 6.07) is 21.3. The van der Waals surface area contributed by atoms with Crippen molar-refractivity contribution in [3.8, 4) is 22.6 Å². The Bertz CT molecular complexity index is 1540. The molecule has 0 spiro atoms. The largest absolute Gasteiger partial charge is 0.436 e. The third kappa shape index (κ3) is 6.49. The van der Waals surface area contributed by atoms with Crippen molar-refractivity contribution in [1.82, 2.24) is 9.97 Å². The van der Waals surface area contributed by atoms with Gasteiger partial charge in [0.1, 0.15) is 11.3 Å². The Morgan fingerprint density at radius 3 is 2.41 bits per heavy atom. The molecule has 4 aromatic rings. The van der Waals surface area contributed by atoms with Gasteiger partial charge in [0.15, 0.2) is 5.76 Å². The first-order valence-electron chi connectivity index (χ1n) is 12.5. The third-order valence-electron chi connectivity index (χ3n) is 6.46. The Labute approximate surface area is 227 Å². The molecule has 39 heavy (non-hydrogen) atoms. The van der Waals surface area contributed by atoms with Crippen LogP contribution in [0.2, 0.25) is 0 Å². The summed E-state index contributed by atoms with van der Waals surface area (Å²) in [5.74, 6) is 0.889. The first kappa shape index (κ1) is 26.9. The number of hydrogen-bond acceptors (Lipinski definition) is 8. The molecule has 0 bridgehead atoms. The van der Waals surface area contributed by atoms with Crippen molar-refractivity contribution >= 4 is 16.1 Å². The molecule has 1 saturated heterocycles. The summed E-state index contributed by atoms with van der Waals surface area (Å²) in [6.45, 7) is 1.61. The Balaban J connectivity index is 1.28. The second-order valence-electron chi connectivity index (χ2n) is 9.24. The number of hydrogen-bond donors (Lipinski definition) is 2. The van der Waals surface area contributed by atoms with Gasteiger partial charge in [0, 0.05) is 37.2 Å². The van der Waals surface area contributed by atoms with Crippen molar-refractivity contribution in [3.63, 3.8) is 0 Å². The number of benzene rings is 2. The van der Waals surface area contributed by atoms with Crippen LogP contribution < -0.4 is 5.14 Å². The number of rotatable bonds is 9. The molecule has 1 aliphatic heterocycles. The summed E-state index contributed by atoms with van der Waals surface area (Å²) in [4.78, 5) is 9.27. The number of oxazole rings is 1. The molecule has 202 valence electrons. The Morgan fingerprint density at radius 2 is 1.69 bits per heavy atom. The van der Waals surface area contributed by atoms with Crippen LogP contribution in [0, 0.1) is 0 Å². The second kappa shape index (κ2) is 11.6. The highest BCUT2D eigenvalue weighted by molar-refractivity contribution is 7.89. The molecule has 2 aromatic carbocycles. The average Bonchev–Trinajstić information content (AvgIpc) is 3.38. The summed E-state index contributed by atoms with van der Waals surface area (Å²) in [6.07, 6.45) is 4.56. The molecule has 10 heteroatoms. The standard InChI is InChI=1S/C29H29N3O6S/c30-39(34,35)24-13-11-22(12-14-24)28-27(21-6-2-1-3-7-21)32-26(38-28)10-5-17-37-20-23-8-4-9-25(31-23)29(33)15-18-36-19-16-29/h1-14,33H,15-20H2,(H2,30,34,35). The molecule has 1 fully saturated rings. The topological polar surface area (TPSA) is 138 Å². The number of sulfonamides is 1. The molecular weight excluding hydrogens is 518 g/mol. The number of primary sulfonamides is 1. The second-order valence-corrected chi connectivity index (χ2v) is 10.8. The highest BCUT2D eigenvalue weighted by atomic mass is 32.2. The fraction of sp³-hybridized carbons (Fsp3) is 0.241. The van der Waals surface area contributed by atoms with E-state index in [-0.39, 0.29) is 11.5 Å². The van der Waals surface area contributed by atoms with E-state index in [1.54, 1.807) is 24.3 Å². The van der Waals surface area contributed by atoms with Crippen LogP contribution in [0.1, 0.15) is 30.1 Å². The highest BCUT2D eigenvalue weighted by Gasteiger charge is 2.33. The number of pyridine rings is 1. The lowest BCUT2D eigenvalue weighted by Crippen LogP contribution is -2.34. The first-order chi connectivity index (χ1) is 18.8. The molecule has 0 saturated carbocycles. The fourth-order valence-corrected chi connectivity index (χ4v) is 4.87. The summed E-state index contributed by atoms with van der Waals surface area (Å²) in [5.41, 5.74) is 2.56. The smallest absolute Gasteiger partial charge is 0.238 e. The Hall–Kier alpha value is -3.67. The van der Waals surface area contributed by atoms with Crippen molar-refractivity contribution in [1.29, 1.82) is 0 Å². The summed E-state index contributed by atoms with van der Waals surface area (Å²) < 4.78 is 40.5. The van der Waals surface area contributed by atoms with Gasteiger partial charge in [-0.05, 0) is 42.5 Å². The van der Waals surface area contributed by atoms with Crippen LogP contribution in [0.4, 0.5) is 0 Å². The van der Waals surface area contributed by atoms with Crippen LogP contribution in [-0.2, 0) is 31.7 Å². The fourth-order valence-electron chi connectivity index (χ4n) is 4.36. The molecule has 0 amide bonds. The van der Waals surface area contributed by atoms with E-state index >= 15 is 0 Å². The van der Waals surface area contributed by atoms with E-state index in [2.05, 4.69) is 9.97 Å². The molecule has 9 nitrogen and oxygen atoms in total. The molecule has 2 aromatic heterocycles. The maximum absolute atomic E-state index is 11.6.